The van der Waals surface area contributed by atoms with Crippen molar-refractivity contribution in [2.75, 3.05) is 13.1 Å². The number of piperidine rings is 1. The molecular weight excluding hydrogens is 503 g/mol. The number of amides is 3. The predicted octanol–water partition coefficient (Wildman–Crippen LogP) is 4.88. The zero-order chi connectivity index (χ0) is 26.5. The van der Waals surface area contributed by atoms with Gasteiger partial charge in [-0.25, -0.2) is 4.79 Å². The molecule has 10 heteroatoms. The summed E-state index contributed by atoms with van der Waals surface area (Å²) in [7, 11) is 0. The van der Waals surface area contributed by atoms with E-state index in [1.807, 2.05) is 6.07 Å². The van der Waals surface area contributed by atoms with Crippen molar-refractivity contribution in [2.24, 2.45) is 5.92 Å². The Labute approximate surface area is 220 Å². The van der Waals surface area contributed by atoms with Crippen LogP contribution in [0.4, 0.5) is 4.79 Å². The Kier molecular flexibility index (Phi) is 8.98. The van der Waals surface area contributed by atoms with Crippen molar-refractivity contribution in [3.8, 4) is 0 Å². The van der Waals surface area contributed by atoms with E-state index in [2.05, 4.69) is 10.6 Å². The molecule has 1 aliphatic rings. The van der Waals surface area contributed by atoms with Gasteiger partial charge in [0, 0.05) is 24.2 Å². The summed E-state index contributed by atoms with van der Waals surface area (Å²) < 4.78 is 5.45. The minimum Gasteiger partial charge on any atom is -0.444 e. The number of rotatable bonds is 5. The minimum absolute atomic E-state index is 0.0689. The fourth-order valence-corrected chi connectivity index (χ4v) is 4.18. The molecule has 3 rings (SSSR count). The molecule has 1 aliphatic heterocycles. The van der Waals surface area contributed by atoms with Gasteiger partial charge < -0.3 is 20.3 Å². The van der Waals surface area contributed by atoms with Crippen LogP contribution in [0.3, 0.4) is 0 Å². The number of hydrogen-bond acceptors (Lipinski definition) is 5. The Balaban J connectivity index is 1.75. The molecule has 3 N–H and O–H groups in total. The normalized spacial score (nSPS) is 15.1. The zero-order valence-corrected chi connectivity index (χ0v) is 21.9. The van der Waals surface area contributed by atoms with Gasteiger partial charge in [-0.1, -0.05) is 53.5 Å². The summed E-state index contributed by atoms with van der Waals surface area (Å²) in [4.78, 5) is 40.4. The van der Waals surface area contributed by atoms with Crippen molar-refractivity contribution in [1.82, 2.24) is 15.5 Å². The van der Waals surface area contributed by atoms with Gasteiger partial charge >= 0.3 is 6.09 Å². The molecule has 1 atom stereocenters. The Morgan fingerprint density at radius 1 is 1.00 bits per heavy atom. The number of carbonyl (C=O) groups is 3. The van der Waals surface area contributed by atoms with E-state index in [1.54, 1.807) is 49.9 Å². The van der Waals surface area contributed by atoms with Gasteiger partial charge in [0.2, 0.25) is 5.91 Å². The molecule has 1 fully saturated rings. The van der Waals surface area contributed by atoms with Gasteiger partial charge in [0.1, 0.15) is 17.5 Å². The van der Waals surface area contributed by atoms with Gasteiger partial charge in [-0.2, -0.15) is 0 Å². The SMILES string of the molecule is CC(C)(C)OC(=O)N1CCC(C(NC(=O)c2ccc(Cl)c(Cl)c2)C(=O)NC(=N)c2ccccc2)CC1. The number of carbonyl (C=O) groups excluding carboxylic acids is 3. The van der Waals surface area contributed by atoms with Crippen LogP contribution < -0.4 is 10.6 Å². The van der Waals surface area contributed by atoms with Crippen LogP contribution >= 0.6 is 23.2 Å². The van der Waals surface area contributed by atoms with Crippen molar-refractivity contribution in [3.63, 3.8) is 0 Å². The van der Waals surface area contributed by atoms with Gasteiger partial charge in [-0.05, 0) is 57.7 Å². The summed E-state index contributed by atoms with van der Waals surface area (Å²) in [6.07, 6.45) is 0.530. The second kappa shape index (κ2) is 11.8. The van der Waals surface area contributed by atoms with Crippen LogP contribution in [-0.2, 0) is 9.53 Å². The smallest absolute Gasteiger partial charge is 0.410 e. The third-order valence-corrected chi connectivity index (χ3v) is 6.46. The summed E-state index contributed by atoms with van der Waals surface area (Å²) in [5.74, 6) is -1.33. The number of nitrogens with one attached hydrogen (secondary N) is 3. The highest BCUT2D eigenvalue weighted by Gasteiger charge is 2.35. The number of halogens is 2. The largest absolute Gasteiger partial charge is 0.444 e. The molecule has 1 heterocycles. The van der Waals surface area contributed by atoms with E-state index in [-0.39, 0.29) is 22.3 Å². The number of amidine groups is 1. The second-order valence-corrected chi connectivity index (χ2v) is 10.4. The van der Waals surface area contributed by atoms with E-state index in [1.165, 1.54) is 18.2 Å². The summed E-state index contributed by atoms with van der Waals surface area (Å²) >= 11 is 12.0. The lowest BCUT2D eigenvalue weighted by molar-refractivity contribution is -0.123. The molecule has 0 aliphatic carbocycles. The molecule has 1 unspecified atom stereocenters. The molecule has 8 nitrogen and oxygen atoms in total. The molecule has 1 saturated heterocycles. The number of benzene rings is 2. The lowest BCUT2D eigenvalue weighted by Crippen LogP contribution is -2.55. The summed E-state index contributed by atoms with van der Waals surface area (Å²) in [6, 6.07) is 12.3. The highest BCUT2D eigenvalue weighted by molar-refractivity contribution is 6.42. The standard InChI is InChI=1S/C26H30Cl2N4O4/c1-26(2,3)36-25(35)32-13-11-16(12-14-32)21(24(34)31-22(29)17-7-5-4-6-8-17)30-23(33)18-9-10-19(27)20(28)15-18/h4-10,15-16,21H,11-14H2,1-3H3,(H,30,33)(H2,29,31,34). The van der Waals surface area contributed by atoms with Gasteiger partial charge in [0.05, 0.1) is 10.0 Å². The highest BCUT2D eigenvalue weighted by atomic mass is 35.5. The summed E-state index contributed by atoms with van der Waals surface area (Å²) in [5.41, 5.74) is 0.189. The average Bonchev–Trinajstić information content (AvgIpc) is 2.83. The molecule has 2 aromatic carbocycles. The van der Waals surface area contributed by atoms with E-state index in [0.717, 1.165) is 0 Å². The first-order chi connectivity index (χ1) is 16.9. The maximum atomic E-state index is 13.3. The molecule has 3 amide bonds. The summed E-state index contributed by atoms with van der Waals surface area (Å²) in [5, 5.41) is 14.2. The van der Waals surface area contributed by atoms with E-state index >= 15 is 0 Å². The number of ether oxygens (including phenoxy) is 1. The van der Waals surface area contributed by atoms with Crippen LogP contribution in [0, 0.1) is 11.3 Å². The molecule has 0 radical (unpaired) electrons. The van der Waals surface area contributed by atoms with Gasteiger partial charge in [0.15, 0.2) is 0 Å². The van der Waals surface area contributed by atoms with E-state index < -0.39 is 29.6 Å². The van der Waals surface area contributed by atoms with Crippen molar-refractivity contribution < 1.29 is 19.1 Å². The number of nitrogens with zero attached hydrogens (tertiary/aromatic N) is 1. The second-order valence-electron chi connectivity index (χ2n) is 9.62. The highest BCUT2D eigenvalue weighted by Crippen LogP contribution is 2.25. The van der Waals surface area contributed by atoms with Crippen LogP contribution in [0.25, 0.3) is 0 Å². The molecule has 192 valence electrons. The van der Waals surface area contributed by atoms with Crippen molar-refractivity contribution in [2.45, 2.75) is 45.3 Å². The zero-order valence-electron chi connectivity index (χ0n) is 20.4. The topological polar surface area (TPSA) is 112 Å². The molecule has 0 aromatic heterocycles. The Bertz CT molecular complexity index is 1130. The first kappa shape index (κ1) is 27.5. The van der Waals surface area contributed by atoms with E-state index in [4.69, 9.17) is 33.3 Å². The van der Waals surface area contributed by atoms with Crippen molar-refractivity contribution >= 4 is 46.9 Å². The van der Waals surface area contributed by atoms with Gasteiger partial charge in [-0.15, -0.1) is 0 Å². The predicted molar refractivity (Wildman–Crippen MR) is 140 cm³/mol. The van der Waals surface area contributed by atoms with Crippen LogP contribution in [-0.4, -0.2) is 53.4 Å². The molecule has 0 spiro atoms. The Morgan fingerprint density at radius 2 is 1.64 bits per heavy atom. The Hall–Kier alpha value is -3.10. The quantitative estimate of drug-likeness (QED) is 0.376. The van der Waals surface area contributed by atoms with Crippen LogP contribution in [0.15, 0.2) is 48.5 Å². The number of hydrogen-bond donors (Lipinski definition) is 3. The maximum absolute atomic E-state index is 13.3. The van der Waals surface area contributed by atoms with Crippen LogP contribution in [0.5, 0.6) is 0 Å². The minimum atomic E-state index is -0.934. The fourth-order valence-electron chi connectivity index (χ4n) is 3.88. The molecule has 36 heavy (non-hydrogen) atoms. The molecular formula is C26H30Cl2N4O4. The van der Waals surface area contributed by atoms with E-state index in [9.17, 15) is 14.4 Å². The average molecular weight is 533 g/mol. The Morgan fingerprint density at radius 3 is 2.22 bits per heavy atom. The van der Waals surface area contributed by atoms with E-state index in [0.29, 0.717) is 36.5 Å². The first-order valence-corrected chi connectivity index (χ1v) is 12.4. The lowest BCUT2D eigenvalue weighted by atomic mass is 9.88. The monoisotopic (exact) mass is 532 g/mol. The van der Waals surface area contributed by atoms with Crippen LogP contribution in [0.2, 0.25) is 10.0 Å². The lowest BCUT2D eigenvalue weighted by Gasteiger charge is -2.36. The van der Waals surface area contributed by atoms with Gasteiger partial charge in [-0.3, -0.25) is 15.0 Å². The summed E-state index contributed by atoms with van der Waals surface area (Å²) in [6.45, 7) is 6.17. The van der Waals surface area contributed by atoms with Crippen molar-refractivity contribution in [1.29, 1.82) is 5.41 Å². The third kappa shape index (κ3) is 7.45. The van der Waals surface area contributed by atoms with Gasteiger partial charge in [0.25, 0.3) is 5.91 Å². The maximum Gasteiger partial charge on any atom is 0.410 e. The molecule has 2 aromatic rings. The van der Waals surface area contributed by atoms with Crippen molar-refractivity contribution in [3.05, 3.63) is 69.7 Å². The number of likely N-dealkylation sites (tertiary alicyclic amines) is 1. The molecule has 0 bridgehead atoms. The van der Waals surface area contributed by atoms with Crippen LogP contribution in [0.1, 0.15) is 49.5 Å². The fraction of sp³-hybridized carbons (Fsp3) is 0.385. The first-order valence-electron chi connectivity index (χ1n) is 11.6. The third-order valence-electron chi connectivity index (χ3n) is 5.72. The molecule has 0 saturated carbocycles.